The largest absolute Gasteiger partial charge is 0.341 e. The van der Waals surface area contributed by atoms with Crippen LogP contribution in [0.3, 0.4) is 0 Å². The Morgan fingerprint density at radius 2 is 1.59 bits per heavy atom. The molecule has 0 aliphatic carbocycles. The number of amides is 2. The van der Waals surface area contributed by atoms with Crippen molar-refractivity contribution >= 4 is 17.5 Å². The number of rotatable bonds is 3. The van der Waals surface area contributed by atoms with Crippen LogP contribution in [-0.2, 0) is 9.59 Å². The van der Waals surface area contributed by atoms with Crippen molar-refractivity contribution in [3.05, 3.63) is 65.2 Å². The summed E-state index contributed by atoms with van der Waals surface area (Å²) in [5.41, 5.74) is 3.64. The smallest absolute Gasteiger partial charge is 0.313 e. The Hall–Kier alpha value is -2.62. The van der Waals surface area contributed by atoms with E-state index >= 15 is 0 Å². The summed E-state index contributed by atoms with van der Waals surface area (Å²) in [6.07, 6.45) is 0. The van der Waals surface area contributed by atoms with Gasteiger partial charge in [-0.1, -0.05) is 42.5 Å². The third kappa shape index (κ3) is 3.73. The lowest BCUT2D eigenvalue weighted by molar-refractivity contribution is -0.136. The number of aryl methyl sites for hydroxylation is 1. The van der Waals surface area contributed by atoms with Crippen molar-refractivity contribution < 1.29 is 9.59 Å². The van der Waals surface area contributed by atoms with Crippen molar-refractivity contribution in [2.75, 3.05) is 5.32 Å². The van der Waals surface area contributed by atoms with Crippen LogP contribution in [0.15, 0.2) is 48.5 Å². The highest BCUT2D eigenvalue weighted by Gasteiger charge is 2.17. The zero-order chi connectivity index (χ0) is 16.1. The standard InChI is InChI=1S/C18H20N2O2/c1-12-8-7-11-16(13(12)2)20-18(22)17(21)19-14(3)15-9-5-4-6-10-15/h4-11,14H,1-3H3,(H,19,21)(H,20,22)/t14-/m1/s1. The molecule has 0 aromatic heterocycles. The highest BCUT2D eigenvalue weighted by molar-refractivity contribution is 6.39. The molecule has 0 radical (unpaired) electrons. The van der Waals surface area contributed by atoms with Crippen LogP contribution in [0, 0.1) is 13.8 Å². The van der Waals surface area contributed by atoms with Crippen molar-refractivity contribution in [3.8, 4) is 0 Å². The van der Waals surface area contributed by atoms with Crippen molar-refractivity contribution in [2.45, 2.75) is 26.8 Å². The Morgan fingerprint density at radius 1 is 0.909 bits per heavy atom. The second kappa shape index (κ2) is 6.89. The van der Waals surface area contributed by atoms with Crippen LogP contribution in [0.4, 0.5) is 5.69 Å². The van der Waals surface area contributed by atoms with E-state index in [1.54, 1.807) is 6.07 Å². The Bertz CT molecular complexity index is 681. The first-order chi connectivity index (χ1) is 10.5. The quantitative estimate of drug-likeness (QED) is 0.855. The first kappa shape index (κ1) is 15.8. The predicted molar refractivity (Wildman–Crippen MR) is 87.5 cm³/mol. The fraction of sp³-hybridized carbons (Fsp3) is 0.222. The monoisotopic (exact) mass is 296 g/mol. The van der Waals surface area contributed by atoms with Gasteiger partial charge in [0, 0.05) is 5.69 Å². The van der Waals surface area contributed by atoms with Crippen molar-refractivity contribution in [1.82, 2.24) is 5.32 Å². The zero-order valence-corrected chi connectivity index (χ0v) is 13.0. The van der Waals surface area contributed by atoms with Gasteiger partial charge in [-0.3, -0.25) is 9.59 Å². The molecule has 0 bridgehead atoms. The van der Waals surface area contributed by atoms with E-state index in [0.29, 0.717) is 5.69 Å². The summed E-state index contributed by atoms with van der Waals surface area (Å²) in [4.78, 5) is 24.0. The Morgan fingerprint density at radius 3 is 2.27 bits per heavy atom. The molecule has 0 spiro atoms. The lowest BCUT2D eigenvalue weighted by Crippen LogP contribution is -2.37. The van der Waals surface area contributed by atoms with Crippen LogP contribution in [0.1, 0.15) is 29.7 Å². The number of hydrogen-bond acceptors (Lipinski definition) is 2. The highest BCUT2D eigenvalue weighted by Crippen LogP contribution is 2.18. The van der Waals surface area contributed by atoms with E-state index in [1.165, 1.54) is 0 Å². The van der Waals surface area contributed by atoms with Crippen molar-refractivity contribution in [3.63, 3.8) is 0 Å². The topological polar surface area (TPSA) is 58.2 Å². The van der Waals surface area contributed by atoms with Crippen LogP contribution in [0.25, 0.3) is 0 Å². The maximum absolute atomic E-state index is 12.0. The molecule has 22 heavy (non-hydrogen) atoms. The second-order valence-corrected chi connectivity index (χ2v) is 5.31. The minimum absolute atomic E-state index is 0.224. The summed E-state index contributed by atoms with van der Waals surface area (Å²) in [6.45, 7) is 5.72. The summed E-state index contributed by atoms with van der Waals surface area (Å²) >= 11 is 0. The summed E-state index contributed by atoms with van der Waals surface area (Å²) in [5, 5.41) is 5.36. The molecule has 0 saturated carbocycles. The molecule has 114 valence electrons. The Kier molecular flexibility index (Phi) is 4.94. The molecule has 4 nitrogen and oxygen atoms in total. The summed E-state index contributed by atoms with van der Waals surface area (Å²) < 4.78 is 0. The normalized spacial score (nSPS) is 11.6. The van der Waals surface area contributed by atoms with E-state index in [-0.39, 0.29) is 6.04 Å². The van der Waals surface area contributed by atoms with Gasteiger partial charge in [-0.25, -0.2) is 0 Å². The van der Waals surface area contributed by atoms with Crippen molar-refractivity contribution in [1.29, 1.82) is 0 Å². The molecule has 0 aliphatic heterocycles. The molecule has 0 fully saturated rings. The van der Waals surface area contributed by atoms with Gasteiger partial charge in [0.15, 0.2) is 0 Å². The number of carbonyl (C=O) groups excluding carboxylic acids is 2. The second-order valence-electron chi connectivity index (χ2n) is 5.31. The molecular weight excluding hydrogens is 276 g/mol. The lowest BCUT2D eigenvalue weighted by atomic mass is 10.1. The van der Waals surface area contributed by atoms with E-state index in [0.717, 1.165) is 16.7 Å². The minimum Gasteiger partial charge on any atom is -0.341 e. The molecule has 2 amide bonds. The SMILES string of the molecule is Cc1cccc(NC(=O)C(=O)N[C@H](C)c2ccccc2)c1C. The summed E-state index contributed by atoms with van der Waals surface area (Å²) in [7, 11) is 0. The minimum atomic E-state index is -0.656. The molecule has 4 heteroatoms. The molecule has 2 rings (SSSR count). The molecular formula is C18H20N2O2. The number of nitrogens with one attached hydrogen (secondary N) is 2. The molecule has 0 aliphatic rings. The number of carbonyl (C=O) groups is 2. The van der Waals surface area contributed by atoms with Gasteiger partial charge < -0.3 is 10.6 Å². The summed E-state index contributed by atoms with van der Waals surface area (Å²) in [5.74, 6) is -1.30. The van der Waals surface area contributed by atoms with Crippen LogP contribution >= 0.6 is 0 Å². The van der Waals surface area contributed by atoms with E-state index < -0.39 is 11.8 Å². The number of hydrogen-bond donors (Lipinski definition) is 2. The third-order valence-corrected chi connectivity index (χ3v) is 3.71. The van der Waals surface area contributed by atoms with Crippen LogP contribution in [0.2, 0.25) is 0 Å². The van der Waals surface area contributed by atoms with E-state index in [2.05, 4.69) is 10.6 Å². The maximum atomic E-state index is 12.0. The molecule has 0 heterocycles. The summed E-state index contributed by atoms with van der Waals surface area (Å²) in [6, 6.07) is 14.9. The van der Waals surface area contributed by atoms with Gasteiger partial charge in [-0.05, 0) is 43.5 Å². The zero-order valence-electron chi connectivity index (χ0n) is 13.0. The van der Waals surface area contributed by atoms with Gasteiger partial charge in [0.25, 0.3) is 0 Å². The van der Waals surface area contributed by atoms with Gasteiger partial charge >= 0.3 is 11.8 Å². The molecule has 0 unspecified atom stereocenters. The number of anilines is 1. The fourth-order valence-corrected chi connectivity index (χ4v) is 2.15. The Labute approximate surface area is 130 Å². The van der Waals surface area contributed by atoms with Crippen LogP contribution in [-0.4, -0.2) is 11.8 Å². The average molecular weight is 296 g/mol. The van der Waals surface area contributed by atoms with E-state index in [9.17, 15) is 9.59 Å². The molecule has 2 aromatic rings. The van der Waals surface area contributed by atoms with Gasteiger partial charge in [-0.2, -0.15) is 0 Å². The fourth-order valence-electron chi connectivity index (χ4n) is 2.15. The van der Waals surface area contributed by atoms with Gasteiger partial charge in [0.05, 0.1) is 6.04 Å². The molecule has 2 N–H and O–H groups in total. The Balaban J connectivity index is 2.01. The number of benzene rings is 2. The van der Waals surface area contributed by atoms with Crippen LogP contribution in [0.5, 0.6) is 0 Å². The molecule has 1 atom stereocenters. The first-order valence-electron chi connectivity index (χ1n) is 7.22. The van der Waals surface area contributed by atoms with Gasteiger partial charge in [0.1, 0.15) is 0 Å². The third-order valence-electron chi connectivity index (χ3n) is 3.71. The highest BCUT2D eigenvalue weighted by atomic mass is 16.2. The average Bonchev–Trinajstić information content (AvgIpc) is 2.52. The van der Waals surface area contributed by atoms with Gasteiger partial charge in [0.2, 0.25) is 0 Å². The molecule has 2 aromatic carbocycles. The predicted octanol–water partition coefficient (Wildman–Crippen LogP) is 3.12. The maximum Gasteiger partial charge on any atom is 0.313 e. The molecule has 0 saturated heterocycles. The van der Waals surface area contributed by atoms with E-state index in [4.69, 9.17) is 0 Å². The first-order valence-corrected chi connectivity index (χ1v) is 7.22. The lowest BCUT2D eigenvalue weighted by Gasteiger charge is -2.15. The van der Waals surface area contributed by atoms with Crippen LogP contribution < -0.4 is 10.6 Å². The van der Waals surface area contributed by atoms with Crippen molar-refractivity contribution in [2.24, 2.45) is 0 Å². The van der Waals surface area contributed by atoms with E-state index in [1.807, 2.05) is 63.2 Å². The van der Waals surface area contributed by atoms with Gasteiger partial charge in [-0.15, -0.1) is 0 Å².